The number of nitrogens with one attached hydrogen (secondary N) is 2. The molecule has 0 aliphatic rings. The van der Waals surface area contributed by atoms with Crippen molar-refractivity contribution in [2.24, 2.45) is 11.5 Å². The predicted octanol–water partition coefficient (Wildman–Crippen LogP) is 6.51. The Morgan fingerprint density at radius 3 is 1.34 bits per heavy atom. The lowest BCUT2D eigenvalue weighted by Gasteiger charge is -2.23. The summed E-state index contributed by atoms with van der Waals surface area (Å²) in [6.07, 6.45) is 4.87. The van der Waals surface area contributed by atoms with Crippen LogP contribution in [0.4, 0.5) is 22.7 Å². The van der Waals surface area contributed by atoms with Crippen LogP contribution in [0.1, 0.15) is 110 Å². The number of anilines is 4. The molecule has 44 heavy (non-hydrogen) atoms. The summed E-state index contributed by atoms with van der Waals surface area (Å²) < 4.78 is 0. The second-order valence-electron chi connectivity index (χ2n) is 13.7. The van der Waals surface area contributed by atoms with Crippen molar-refractivity contribution in [3.63, 3.8) is 0 Å². The van der Waals surface area contributed by atoms with Crippen LogP contribution in [0.15, 0.2) is 48.5 Å². The average molecular weight is 601 g/mol. The van der Waals surface area contributed by atoms with Crippen molar-refractivity contribution in [1.29, 1.82) is 0 Å². The van der Waals surface area contributed by atoms with Crippen molar-refractivity contribution in [3.8, 4) is 0 Å². The van der Waals surface area contributed by atoms with E-state index in [4.69, 9.17) is 22.9 Å². The quantitative estimate of drug-likeness (QED) is 0.102. The molecule has 0 aliphatic heterocycles. The zero-order valence-electron chi connectivity index (χ0n) is 27.4. The highest BCUT2D eigenvalue weighted by atomic mass is 16.2. The third kappa shape index (κ3) is 9.07. The molecular formula is C36H52N6O2. The Labute approximate surface area is 263 Å². The molecule has 0 aromatic heterocycles. The number of nitrogens with two attached hydrogens (primary N) is 4. The summed E-state index contributed by atoms with van der Waals surface area (Å²) in [6.45, 7) is 13.8. The second kappa shape index (κ2) is 14.7. The summed E-state index contributed by atoms with van der Waals surface area (Å²) in [4.78, 5) is 27.1. The number of nitrogen functional groups attached to an aromatic ring is 2. The number of rotatable bonds is 12. The standard InChI is InChI=1S/C36H52N6O2/c1-35(2,3)25-19-29(39)27(14-7-9-16-37)31(21-25)41-33(43)23-12-11-13-24(18-23)34(44)42-32-22-26(36(4,5)6)20-30(40)28(32)15-8-10-17-38/h11-13,18-22H,7-10,14-17,37-40H2,1-6H3,(H,41,43)(H,42,44). The summed E-state index contributed by atoms with van der Waals surface area (Å²) in [7, 11) is 0. The first-order valence-corrected chi connectivity index (χ1v) is 15.6. The second-order valence-corrected chi connectivity index (χ2v) is 13.7. The first kappa shape index (κ1) is 34.6. The van der Waals surface area contributed by atoms with Crippen molar-refractivity contribution in [3.05, 3.63) is 81.9 Å². The van der Waals surface area contributed by atoms with Crippen LogP contribution in [0.2, 0.25) is 0 Å². The minimum Gasteiger partial charge on any atom is -0.398 e. The van der Waals surface area contributed by atoms with E-state index >= 15 is 0 Å². The van der Waals surface area contributed by atoms with Gasteiger partial charge in [0.2, 0.25) is 0 Å². The summed E-state index contributed by atoms with van der Waals surface area (Å²) in [6, 6.07) is 14.7. The van der Waals surface area contributed by atoms with Crippen LogP contribution in [-0.4, -0.2) is 24.9 Å². The van der Waals surface area contributed by atoms with Gasteiger partial charge >= 0.3 is 0 Å². The molecule has 238 valence electrons. The van der Waals surface area contributed by atoms with Crippen molar-refractivity contribution in [1.82, 2.24) is 0 Å². The highest BCUT2D eigenvalue weighted by Gasteiger charge is 2.22. The van der Waals surface area contributed by atoms with E-state index < -0.39 is 0 Å². The van der Waals surface area contributed by atoms with Gasteiger partial charge in [0.25, 0.3) is 11.8 Å². The van der Waals surface area contributed by atoms with Gasteiger partial charge in [0, 0.05) is 33.9 Å². The number of benzene rings is 3. The van der Waals surface area contributed by atoms with Crippen molar-refractivity contribution in [2.75, 3.05) is 35.2 Å². The van der Waals surface area contributed by atoms with Crippen LogP contribution < -0.4 is 33.6 Å². The maximum absolute atomic E-state index is 13.6. The van der Waals surface area contributed by atoms with E-state index in [9.17, 15) is 9.59 Å². The molecule has 0 unspecified atom stereocenters. The van der Waals surface area contributed by atoms with Crippen LogP contribution >= 0.6 is 0 Å². The summed E-state index contributed by atoms with van der Waals surface area (Å²) >= 11 is 0. The topological polar surface area (TPSA) is 162 Å². The van der Waals surface area contributed by atoms with Crippen LogP contribution in [0.5, 0.6) is 0 Å². The molecule has 0 heterocycles. The Morgan fingerprint density at radius 2 is 1.00 bits per heavy atom. The molecule has 0 radical (unpaired) electrons. The van der Waals surface area contributed by atoms with Gasteiger partial charge in [0.15, 0.2) is 0 Å². The number of hydrogen-bond acceptors (Lipinski definition) is 6. The molecule has 0 spiro atoms. The van der Waals surface area contributed by atoms with Crippen LogP contribution in [-0.2, 0) is 23.7 Å². The Kier molecular flexibility index (Phi) is 11.6. The minimum absolute atomic E-state index is 0.155. The summed E-state index contributed by atoms with van der Waals surface area (Å²) in [5.74, 6) is -0.627. The molecule has 0 aliphatic carbocycles. The van der Waals surface area contributed by atoms with E-state index in [2.05, 4.69) is 52.2 Å². The molecule has 0 fully saturated rings. The molecule has 3 aromatic rings. The number of amides is 2. The van der Waals surface area contributed by atoms with Crippen LogP contribution in [0.25, 0.3) is 0 Å². The van der Waals surface area contributed by atoms with E-state index in [1.807, 2.05) is 24.3 Å². The Hall–Kier alpha value is -3.88. The first-order valence-electron chi connectivity index (χ1n) is 15.6. The van der Waals surface area contributed by atoms with Gasteiger partial charge in [0.1, 0.15) is 0 Å². The fourth-order valence-electron chi connectivity index (χ4n) is 5.12. The van der Waals surface area contributed by atoms with Gasteiger partial charge in [-0.15, -0.1) is 0 Å². The lowest BCUT2D eigenvalue weighted by molar-refractivity contribution is 0.102. The fourth-order valence-corrected chi connectivity index (χ4v) is 5.12. The SMILES string of the molecule is CC(C)(C)c1cc(N)c(CCCCN)c(NC(=O)c2cccc(C(=O)Nc3cc(C(C)(C)C)cc(N)c3CCCCN)c2)c1. The fraction of sp³-hybridized carbons (Fsp3) is 0.444. The smallest absolute Gasteiger partial charge is 0.255 e. The zero-order valence-corrected chi connectivity index (χ0v) is 27.4. The summed E-state index contributed by atoms with van der Waals surface area (Å²) in [5, 5.41) is 6.17. The third-order valence-electron chi connectivity index (χ3n) is 7.95. The number of carbonyl (C=O) groups is 2. The van der Waals surface area contributed by atoms with Gasteiger partial charge in [-0.1, -0.05) is 47.6 Å². The van der Waals surface area contributed by atoms with Crippen LogP contribution in [0.3, 0.4) is 0 Å². The Bertz CT molecular complexity index is 1360. The monoisotopic (exact) mass is 600 g/mol. The molecule has 0 saturated heterocycles. The van der Waals surface area contributed by atoms with E-state index in [1.165, 1.54) is 0 Å². The molecule has 0 atom stereocenters. The van der Waals surface area contributed by atoms with Crippen molar-refractivity contribution >= 4 is 34.6 Å². The lowest BCUT2D eigenvalue weighted by atomic mass is 9.85. The molecular weight excluding hydrogens is 548 g/mol. The lowest BCUT2D eigenvalue weighted by Crippen LogP contribution is -2.19. The largest absolute Gasteiger partial charge is 0.398 e. The van der Waals surface area contributed by atoms with Gasteiger partial charge in [-0.05, 0) is 127 Å². The van der Waals surface area contributed by atoms with E-state index in [-0.39, 0.29) is 22.6 Å². The van der Waals surface area contributed by atoms with E-state index in [0.717, 1.165) is 47.9 Å². The number of unbranched alkanes of at least 4 members (excludes halogenated alkanes) is 2. The molecule has 2 amide bonds. The molecule has 0 bridgehead atoms. The Morgan fingerprint density at radius 1 is 0.614 bits per heavy atom. The molecule has 8 nitrogen and oxygen atoms in total. The summed E-state index contributed by atoms with van der Waals surface area (Å²) in [5.41, 5.74) is 31.4. The van der Waals surface area contributed by atoms with Crippen molar-refractivity contribution in [2.45, 2.75) is 90.9 Å². The third-order valence-corrected chi connectivity index (χ3v) is 7.95. The Balaban J connectivity index is 1.92. The van der Waals surface area contributed by atoms with Crippen LogP contribution in [0, 0.1) is 0 Å². The minimum atomic E-state index is -0.313. The molecule has 3 aromatic carbocycles. The highest BCUT2D eigenvalue weighted by Crippen LogP contribution is 2.34. The van der Waals surface area contributed by atoms with Gasteiger partial charge in [-0.3, -0.25) is 9.59 Å². The maximum atomic E-state index is 13.6. The zero-order chi connectivity index (χ0) is 32.7. The van der Waals surface area contributed by atoms with E-state index in [1.54, 1.807) is 24.3 Å². The number of carbonyl (C=O) groups excluding carboxylic acids is 2. The highest BCUT2D eigenvalue weighted by molar-refractivity contribution is 6.09. The molecule has 3 rings (SSSR count). The number of hydrogen-bond donors (Lipinski definition) is 6. The van der Waals surface area contributed by atoms with Gasteiger partial charge in [0.05, 0.1) is 0 Å². The molecule has 0 saturated carbocycles. The molecule has 10 N–H and O–H groups in total. The predicted molar refractivity (Wildman–Crippen MR) is 185 cm³/mol. The first-order chi connectivity index (χ1) is 20.6. The van der Waals surface area contributed by atoms with Gasteiger partial charge in [-0.25, -0.2) is 0 Å². The van der Waals surface area contributed by atoms with Crippen molar-refractivity contribution < 1.29 is 9.59 Å². The normalized spacial score (nSPS) is 11.8. The average Bonchev–Trinajstić information content (AvgIpc) is 2.94. The van der Waals surface area contributed by atoms with Gasteiger partial charge < -0.3 is 33.6 Å². The van der Waals surface area contributed by atoms with Gasteiger partial charge in [-0.2, -0.15) is 0 Å². The molecule has 8 heteroatoms. The maximum Gasteiger partial charge on any atom is 0.255 e. The van der Waals surface area contributed by atoms with E-state index in [0.29, 0.717) is 59.8 Å².